The van der Waals surface area contributed by atoms with Gasteiger partial charge in [0.15, 0.2) is 0 Å². The molecule has 1 aliphatic rings. The first kappa shape index (κ1) is 12.6. The SMILES string of the molecule is O=C(Cn1[nH]c(=O)ccc1=O)NCC1CCCC1. The van der Waals surface area contributed by atoms with Crippen molar-refractivity contribution in [1.29, 1.82) is 0 Å². The maximum Gasteiger partial charge on any atom is 0.265 e. The molecule has 0 aromatic carbocycles. The van der Waals surface area contributed by atoms with Crippen molar-refractivity contribution in [3.05, 3.63) is 32.8 Å². The summed E-state index contributed by atoms with van der Waals surface area (Å²) in [6, 6.07) is 2.30. The van der Waals surface area contributed by atoms with Crippen molar-refractivity contribution in [2.24, 2.45) is 5.92 Å². The van der Waals surface area contributed by atoms with E-state index < -0.39 is 5.56 Å². The highest BCUT2D eigenvalue weighted by Gasteiger charge is 2.15. The van der Waals surface area contributed by atoms with Crippen LogP contribution in [0.25, 0.3) is 0 Å². The standard InChI is InChI=1S/C12H17N3O3/c16-10-5-6-12(18)15(14-10)8-11(17)13-7-9-3-1-2-4-9/h5-6,9H,1-4,7-8H2,(H,13,17)(H,14,16). The lowest BCUT2D eigenvalue weighted by Crippen LogP contribution is -2.37. The molecule has 18 heavy (non-hydrogen) atoms. The minimum absolute atomic E-state index is 0.137. The predicted molar refractivity (Wildman–Crippen MR) is 66.3 cm³/mol. The molecule has 0 aliphatic heterocycles. The normalized spacial score (nSPS) is 15.8. The van der Waals surface area contributed by atoms with Gasteiger partial charge in [-0.05, 0) is 18.8 Å². The van der Waals surface area contributed by atoms with E-state index in [9.17, 15) is 14.4 Å². The lowest BCUT2D eigenvalue weighted by Gasteiger charge is -2.11. The molecule has 2 N–H and O–H groups in total. The third-order valence-corrected chi connectivity index (χ3v) is 3.25. The lowest BCUT2D eigenvalue weighted by atomic mass is 10.1. The number of hydrogen-bond acceptors (Lipinski definition) is 3. The first-order valence-corrected chi connectivity index (χ1v) is 6.22. The first-order chi connectivity index (χ1) is 8.65. The fourth-order valence-corrected chi connectivity index (χ4v) is 2.25. The van der Waals surface area contributed by atoms with Gasteiger partial charge in [-0.25, -0.2) is 4.68 Å². The van der Waals surface area contributed by atoms with Crippen LogP contribution < -0.4 is 16.4 Å². The highest BCUT2D eigenvalue weighted by Crippen LogP contribution is 2.23. The van der Waals surface area contributed by atoms with Crippen LogP contribution in [-0.2, 0) is 11.3 Å². The van der Waals surface area contributed by atoms with E-state index in [2.05, 4.69) is 10.4 Å². The number of rotatable bonds is 4. The van der Waals surface area contributed by atoms with Crippen molar-refractivity contribution in [2.75, 3.05) is 6.54 Å². The van der Waals surface area contributed by atoms with Gasteiger partial charge in [0.25, 0.3) is 11.1 Å². The fraction of sp³-hybridized carbons (Fsp3) is 0.583. The molecule has 0 unspecified atom stereocenters. The van der Waals surface area contributed by atoms with E-state index in [0.29, 0.717) is 12.5 Å². The van der Waals surface area contributed by atoms with E-state index in [1.807, 2.05) is 0 Å². The third kappa shape index (κ3) is 3.32. The average Bonchev–Trinajstić information content (AvgIpc) is 2.84. The second-order valence-electron chi connectivity index (χ2n) is 4.69. The molecule has 1 aromatic rings. The van der Waals surface area contributed by atoms with E-state index in [1.165, 1.54) is 12.8 Å². The number of hydrogen-bond donors (Lipinski definition) is 2. The van der Waals surface area contributed by atoms with Gasteiger partial charge in [-0.3, -0.25) is 19.5 Å². The number of carbonyl (C=O) groups is 1. The molecule has 0 atom stereocenters. The van der Waals surface area contributed by atoms with Crippen molar-refractivity contribution in [2.45, 2.75) is 32.2 Å². The summed E-state index contributed by atoms with van der Waals surface area (Å²) in [6.07, 6.45) is 4.77. The smallest absolute Gasteiger partial charge is 0.265 e. The van der Waals surface area contributed by atoms with Crippen molar-refractivity contribution < 1.29 is 4.79 Å². The zero-order valence-corrected chi connectivity index (χ0v) is 10.1. The van der Waals surface area contributed by atoms with Crippen molar-refractivity contribution >= 4 is 5.91 Å². The Bertz CT molecular complexity index is 526. The van der Waals surface area contributed by atoms with Gasteiger partial charge in [0, 0.05) is 18.7 Å². The minimum Gasteiger partial charge on any atom is -0.354 e. The third-order valence-electron chi connectivity index (χ3n) is 3.25. The van der Waals surface area contributed by atoms with Crippen LogP contribution in [0.15, 0.2) is 21.7 Å². The van der Waals surface area contributed by atoms with Gasteiger partial charge in [0.2, 0.25) is 5.91 Å². The van der Waals surface area contributed by atoms with Crippen LogP contribution in [0.2, 0.25) is 0 Å². The maximum absolute atomic E-state index is 11.6. The van der Waals surface area contributed by atoms with Crippen molar-refractivity contribution in [1.82, 2.24) is 15.1 Å². The van der Waals surface area contributed by atoms with Crippen molar-refractivity contribution in [3.8, 4) is 0 Å². The van der Waals surface area contributed by atoms with Crippen LogP contribution in [-0.4, -0.2) is 22.2 Å². The van der Waals surface area contributed by atoms with E-state index in [-0.39, 0.29) is 18.0 Å². The fourth-order valence-electron chi connectivity index (χ4n) is 2.25. The summed E-state index contributed by atoms with van der Waals surface area (Å²) in [5, 5.41) is 5.12. The molecule has 0 bridgehead atoms. The minimum atomic E-state index is -0.391. The topological polar surface area (TPSA) is 84.0 Å². The summed E-state index contributed by atoms with van der Waals surface area (Å²) in [5.74, 6) is 0.311. The van der Waals surface area contributed by atoms with Gasteiger partial charge in [0.1, 0.15) is 6.54 Å². The van der Waals surface area contributed by atoms with E-state index >= 15 is 0 Å². The van der Waals surface area contributed by atoms with Gasteiger partial charge >= 0.3 is 0 Å². The molecule has 98 valence electrons. The molecule has 1 saturated carbocycles. The van der Waals surface area contributed by atoms with E-state index in [0.717, 1.165) is 29.7 Å². The highest BCUT2D eigenvalue weighted by molar-refractivity contribution is 5.75. The maximum atomic E-state index is 11.6. The number of amides is 1. The van der Waals surface area contributed by atoms with Gasteiger partial charge < -0.3 is 5.32 Å². The Labute approximate surface area is 104 Å². The zero-order valence-electron chi connectivity index (χ0n) is 10.1. The zero-order chi connectivity index (χ0) is 13.0. The van der Waals surface area contributed by atoms with Gasteiger partial charge in [0.05, 0.1) is 0 Å². The van der Waals surface area contributed by atoms with Crippen molar-refractivity contribution in [3.63, 3.8) is 0 Å². The second kappa shape index (κ2) is 5.66. The van der Waals surface area contributed by atoms with Crippen LogP contribution >= 0.6 is 0 Å². The number of aromatic amines is 1. The molecule has 1 fully saturated rings. The first-order valence-electron chi connectivity index (χ1n) is 6.22. The number of carbonyl (C=O) groups excluding carboxylic acids is 1. The highest BCUT2D eigenvalue weighted by atomic mass is 16.2. The molecule has 6 heteroatoms. The monoisotopic (exact) mass is 251 g/mol. The molecular weight excluding hydrogens is 234 g/mol. The van der Waals surface area contributed by atoms with E-state index in [1.54, 1.807) is 0 Å². The predicted octanol–water partition coefficient (Wildman–Crippen LogP) is -0.157. The molecule has 1 aromatic heterocycles. The summed E-state index contributed by atoms with van der Waals surface area (Å²) in [7, 11) is 0. The van der Waals surface area contributed by atoms with E-state index in [4.69, 9.17) is 0 Å². The lowest BCUT2D eigenvalue weighted by molar-refractivity contribution is -0.122. The molecule has 0 radical (unpaired) electrons. The number of nitrogens with zero attached hydrogens (tertiary/aromatic N) is 1. The molecule has 2 rings (SSSR count). The largest absolute Gasteiger partial charge is 0.354 e. The van der Waals surface area contributed by atoms with Gasteiger partial charge in [-0.15, -0.1) is 0 Å². The molecule has 1 amide bonds. The average molecular weight is 251 g/mol. The molecule has 1 heterocycles. The van der Waals surface area contributed by atoms with Crippen LogP contribution in [0.5, 0.6) is 0 Å². The Balaban J connectivity index is 1.88. The summed E-state index contributed by atoms with van der Waals surface area (Å²) >= 11 is 0. The summed E-state index contributed by atoms with van der Waals surface area (Å²) in [4.78, 5) is 34.1. The van der Waals surface area contributed by atoms with Gasteiger partial charge in [-0.1, -0.05) is 12.8 Å². The number of aromatic nitrogens is 2. The Hall–Kier alpha value is -1.85. The Kier molecular flexibility index (Phi) is 3.96. The Morgan fingerprint density at radius 2 is 2.06 bits per heavy atom. The summed E-state index contributed by atoms with van der Waals surface area (Å²) < 4.78 is 1.02. The molecule has 0 saturated heterocycles. The van der Waals surface area contributed by atoms with Crippen LogP contribution in [0, 0.1) is 5.92 Å². The molecule has 1 aliphatic carbocycles. The van der Waals surface area contributed by atoms with Gasteiger partial charge in [-0.2, -0.15) is 0 Å². The van der Waals surface area contributed by atoms with Crippen LogP contribution in [0.4, 0.5) is 0 Å². The Morgan fingerprint density at radius 3 is 2.78 bits per heavy atom. The molecule has 0 spiro atoms. The number of nitrogens with one attached hydrogen (secondary N) is 2. The summed E-state index contributed by atoms with van der Waals surface area (Å²) in [5.41, 5.74) is -0.774. The molecular formula is C12H17N3O3. The summed E-state index contributed by atoms with van der Waals surface area (Å²) in [6.45, 7) is 0.520. The second-order valence-corrected chi connectivity index (χ2v) is 4.69. The Morgan fingerprint density at radius 1 is 1.33 bits per heavy atom. The number of H-pyrrole nitrogens is 1. The van der Waals surface area contributed by atoms with Crippen LogP contribution in [0.3, 0.4) is 0 Å². The quantitative estimate of drug-likeness (QED) is 0.780. The molecule has 6 nitrogen and oxygen atoms in total. The van der Waals surface area contributed by atoms with Crippen LogP contribution in [0.1, 0.15) is 25.7 Å².